The van der Waals surface area contributed by atoms with Crippen molar-refractivity contribution in [2.75, 3.05) is 13.2 Å². The van der Waals surface area contributed by atoms with Gasteiger partial charge in [0.1, 0.15) is 0 Å². The lowest BCUT2D eigenvalue weighted by atomic mass is 10.2. The van der Waals surface area contributed by atoms with Crippen molar-refractivity contribution in [1.82, 2.24) is 4.89 Å². The molecule has 16 heavy (non-hydrogen) atoms. The van der Waals surface area contributed by atoms with Crippen molar-refractivity contribution in [3.05, 3.63) is 0 Å². The molecular formula is C10H19NO4S. The number of ether oxygens (including phenoxy) is 1. The molecule has 0 amide bonds. The predicted molar refractivity (Wildman–Crippen MR) is 59.2 cm³/mol. The van der Waals surface area contributed by atoms with Crippen molar-refractivity contribution in [2.24, 2.45) is 0 Å². The van der Waals surface area contributed by atoms with Crippen molar-refractivity contribution in [3.8, 4) is 0 Å². The summed E-state index contributed by atoms with van der Waals surface area (Å²) in [6.07, 6.45) is 5.35. The Labute approximate surface area is 96.5 Å². The molecule has 2 fully saturated rings. The highest BCUT2D eigenvalue weighted by Crippen LogP contribution is 2.21. The van der Waals surface area contributed by atoms with Crippen LogP contribution in [-0.2, 0) is 19.6 Å². The summed E-state index contributed by atoms with van der Waals surface area (Å²) in [4.78, 5) is 7.53. The minimum Gasteiger partial charge on any atom is -0.381 e. The number of hydrogen-bond acceptors (Lipinski definition) is 4. The fourth-order valence-corrected chi connectivity index (χ4v) is 3.41. The van der Waals surface area contributed by atoms with E-state index in [4.69, 9.17) is 9.57 Å². The minimum absolute atomic E-state index is 0.0645. The first-order valence-corrected chi connectivity index (χ1v) is 7.47. The largest absolute Gasteiger partial charge is 0.381 e. The summed E-state index contributed by atoms with van der Waals surface area (Å²) in [5.74, 6) is 0. The molecule has 0 aromatic carbocycles. The Morgan fingerprint density at radius 2 is 1.69 bits per heavy atom. The summed E-state index contributed by atoms with van der Waals surface area (Å²) >= 11 is 0. The first-order chi connectivity index (χ1) is 7.68. The summed E-state index contributed by atoms with van der Waals surface area (Å²) in [5, 5.41) is -0.359. The van der Waals surface area contributed by atoms with Gasteiger partial charge in [0.2, 0.25) is 10.0 Å². The summed E-state index contributed by atoms with van der Waals surface area (Å²) in [6, 6.07) is 0. The topological polar surface area (TPSA) is 64.6 Å². The molecule has 1 aliphatic carbocycles. The van der Waals surface area contributed by atoms with Gasteiger partial charge in [-0.05, 0) is 25.7 Å². The zero-order valence-corrected chi connectivity index (χ0v) is 10.2. The van der Waals surface area contributed by atoms with E-state index in [-0.39, 0.29) is 11.4 Å². The SMILES string of the molecule is O=S(=O)(NOC1CCCC1)C1CCOCC1. The fraction of sp³-hybridized carbons (Fsp3) is 1.00. The lowest BCUT2D eigenvalue weighted by Crippen LogP contribution is -2.39. The molecule has 0 aromatic rings. The van der Waals surface area contributed by atoms with Gasteiger partial charge in [-0.3, -0.25) is 4.84 Å². The Morgan fingerprint density at radius 3 is 2.31 bits per heavy atom. The number of rotatable bonds is 4. The van der Waals surface area contributed by atoms with Gasteiger partial charge in [-0.15, -0.1) is 0 Å². The van der Waals surface area contributed by atoms with Crippen LogP contribution in [0.4, 0.5) is 0 Å². The molecule has 0 unspecified atom stereocenters. The average molecular weight is 249 g/mol. The molecule has 1 heterocycles. The molecule has 0 spiro atoms. The second-order valence-electron chi connectivity index (χ2n) is 4.46. The highest BCUT2D eigenvalue weighted by atomic mass is 32.2. The maximum absolute atomic E-state index is 11.9. The molecular weight excluding hydrogens is 230 g/mol. The normalized spacial score (nSPS) is 25.0. The van der Waals surface area contributed by atoms with E-state index in [2.05, 4.69) is 4.89 Å². The molecule has 2 aliphatic rings. The standard InChI is InChI=1S/C10H19NO4S/c12-16(13,10-5-7-14-8-6-10)11-15-9-3-1-2-4-9/h9-11H,1-8H2. The van der Waals surface area contributed by atoms with Gasteiger partial charge in [-0.25, -0.2) is 8.42 Å². The van der Waals surface area contributed by atoms with E-state index in [0.717, 1.165) is 25.7 Å². The molecule has 1 saturated heterocycles. The maximum atomic E-state index is 11.9. The zero-order valence-electron chi connectivity index (χ0n) is 9.35. The van der Waals surface area contributed by atoms with Gasteiger partial charge in [0.25, 0.3) is 0 Å². The third-order valence-corrected chi connectivity index (χ3v) is 4.92. The lowest BCUT2D eigenvalue weighted by molar-refractivity contribution is 0.0203. The van der Waals surface area contributed by atoms with Crippen molar-refractivity contribution in [3.63, 3.8) is 0 Å². The van der Waals surface area contributed by atoms with Gasteiger partial charge < -0.3 is 4.74 Å². The predicted octanol–water partition coefficient (Wildman–Crippen LogP) is 0.959. The Morgan fingerprint density at radius 1 is 1.06 bits per heavy atom. The summed E-state index contributed by atoms with van der Waals surface area (Å²) in [5.41, 5.74) is 0. The van der Waals surface area contributed by atoms with Gasteiger partial charge >= 0.3 is 0 Å². The molecule has 94 valence electrons. The molecule has 2 rings (SSSR count). The molecule has 1 aliphatic heterocycles. The second-order valence-corrected chi connectivity index (χ2v) is 6.39. The van der Waals surface area contributed by atoms with Crippen LogP contribution in [0, 0.1) is 0 Å². The monoisotopic (exact) mass is 249 g/mol. The zero-order chi connectivity index (χ0) is 11.4. The summed E-state index contributed by atoms with van der Waals surface area (Å²) < 4.78 is 28.8. The molecule has 0 radical (unpaired) electrons. The van der Waals surface area contributed by atoms with Crippen LogP contribution < -0.4 is 4.89 Å². The van der Waals surface area contributed by atoms with Crippen LogP contribution in [0.25, 0.3) is 0 Å². The smallest absolute Gasteiger partial charge is 0.236 e. The van der Waals surface area contributed by atoms with Crippen molar-refractivity contribution in [1.29, 1.82) is 0 Å². The van der Waals surface area contributed by atoms with Crippen LogP contribution in [0.5, 0.6) is 0 Å². The minimum atomic E-state index is -3.32. The number of hydrogen-bond donors (Lipinski definition) is 1. The third-order valence-electron chi connectivity index (χ3n) is 3.24. The van der Waals surface area contributed by atoms with Crippen LogP contribution in [0.15, 0.2) is 0 Å². The molecule has 1 N–H and O–H groups in total. The quantitative estimate of drug-likeness (QED) is 0.754. The Kier molecular flexibility index (Phi) is 4.18. The van der Waals surface area contributed by atoms with E-state index in [1.807, 2.05) is 0 Å². The Balaban J connectivity index is 1.81. The third kappa shape index (κ3) is 3.16. The summed E-state index contributed by atoms with van der Waals surface area (Å²) in [6.45, 7) is 1.05. The van der Waals surface area contributed by atoms with Gasteiger partial charge in [0, 0.05) is 13.2 Å². The van der Waals surface area contributed by atoms with E-state index < -0.39 is 10.0 Å². The molecule has 5 nitrogen and oxygen atoms in total. The molecule has 6 heteroatoms. The summed E-state index contributed by atoms with van der Waals surface area (Å²) in [7, 11) is -3.32. The van der Waals surface area contributed by atoms with Crippen LogP contribution in [0.1, 0.15) is 38.5 Å². The molecule has 0 bridgehead atoms. The van der Waals surface area contributed by atoms with Gasteiger partial charge in [-0.1, -0.05) is 17.7 Å². The fourth-order valence-electron chi connectivity index (χ4n) is 2.20. The molecule has 0 atom stereocenters. The first kappa shape index (κ1) is 12.3. The average Bonchev–Trinajstić information content (AvgIpc) is 2.81. The number of sulfonamides is 1. The maximum Gasteiger partial charge on any atom is 0.236 e. The van der Waals surface area contributed by atoms with Crippen LogP contribution >= 0.6 is 0 Å². The highest BCUT2D eigenvalue weighted by molar-refractivity contribution is 7.89. The Bertz CT molecular complexity index is 305. The van der Waals surface area contributed by atoms with Crippen molar-refractivity contribution >= 4 is 10.0 Å². The van der Waals surface area contributed by atoms with Gasteiger partial charge in [0.15, 0.2) is 0 Å². The lowest BCUT2D eigenvalue weighted by Gasteiger charge is -2.23. The van der Waals surface area contributed by atoms with Gasteiger partial charge in [0.05, 0.1) is 11.4 Å². The first-order valence-electron chi connectivity index (χ1n) is 5.92. The van der Waals surface area contributed by atoms with E-state index in [9.17, 15) is 8.42 Å². The van der Waals surface area contributed by atoms with E-state index in [0.29, 0.717) is 26.1 Å². The van der Waals surface area contributed by atoms with Crippen LogP contribution in [0.3, 0.4) is 0 Å². The number of nitrogens with one attached hydrogen (secondary N) is 1. The Hall–Kier alpha value is -0.170. The van der Waals surface area contributed by atoms with Gasteiger partial charge in [-0.2, -0.15) is 0 Å². The van der Waals surface area contributed by atoms with Crippen LogP contribution in [0.2, 0.25) is 0 Å². The van der Waals surface area contributed by atoms with Crippen molar-refractivity contribution in [2.45, 2.75) is 49.9 Å². The van der Waals surface area contributed by atoms with E-state index in [1.54, 1.807) is 0 Å². The highest BCUT2D eigenvalue weighted by Gasteiger charge is 2.29. The van der Waals surface area contributed by atoms with E-state index in [1.165, 1.54) is 0 Å². The molecule has 0 aromatic heterocycles. The second kappa shape index (κ2) is 5.44. The van der Waals surface area contributed by atoms with Crippen molar-refractivity contribution < 1.29 is 18.0 Å². The van der Waals surface area contributed by atoms with Crippen LogP contribution in [-0.4, -0.2) is 33.0 Å². The molecule has 1 saturated carbocycles. The van der Waals surface area contributed by atoms with E-state index >= 15 is 0 Å².